The molecule has 1 aliphatic rings. The van der Waals surface area contributed by atoms with Gasteiger partial charge in [0.05, 0.1) is 16.9 Å². The molecular formula is C24H17FN8. The van der Waals surface area contributed by atoms with E-state index in [-0.39, 0.29) is 5.82 Å². The molecule has 4 aromatic heterocycles. The van der Waals surface area contributed by atoms with Gasteiger partial charge in [0.1, 0.15) is 17.7 Å². The molecule has 1 aromatic carbocycles. The number of benzene rings is 1. The number of nitrogens with zero attached hydrogens (tertiary/aromatic N) is 5. The maximum absolute atomic E-state index is 13.9. The Kier molecular flexibility index (Phi) is 4.32. The average Bonchev–Trinajstić information content (AvgIpc) is 3.40. The molecule has 0 atom stereocenters. The van der Waals surface area contributed by atoms with Crippen molar-refractivity contribution < 1.29 is 4.39 Å². The van der Waals surface area contributed by atoms with Gasteiger partial charge in [-0.05, 0) is 35.9 Å². The fourth-order valence-corrected chi connectivity index (χ4v) is 3.95. The maximum Gasteiger partial charge on any atom is 0.161 e. The van der Waals surface area contributed by atoms with Gasteiger partial charge in [-0.15, -0.1) is 0 Å². The molecule has 4 heterocycles. The second-order valence-corrected chi connectivity index (χ2v) is 7.71. The van der Waals surface area contributed by atoms with Crippen molar-refractivity contribution in [1.29, 1.82) is 0 Å². The van der Waals surface area contributed by atoms with Crippen LogP contribution in [0.3, 0.4) is 0 Å². The van der Waals surface area contributed by atoms with E-state index in [9.17, 15) is 4.39 Å². The molecule has 160 valence electrons. The van der Waals surface area contributed by atoms with Gasteiger partial charge in [0.25, 0.3) is 0 Å². The Hall–Kier alpha value is -4.66. The summed E-state index contributed by atoms with van der Waals surface area (Å²) in [5.74, 6) is 0.240. The van der Waals surface area contributed by atoms with E-state index in [2.05, 4.69) is 25.1 Å². The van der Waals surface area contributed by atoms with Crippen molar-refractivity contribution in [1.82, 2.24) is 35.1 Å². The molecular weight excluding hydrogens is 419 g/mol. The van der Waals surface area contributed by atoms with Crippen LogP contribution in [0.25, 0.3) is 39.4 Å². The van der Waals surface area contributed by atoms with Gasteiger partial charge in [0, 0.05) is 41.3 Å². The third-order valence-electron chi connectivity index (χ3n) is 5.50. The molecule has 0 spiro atoms. The van der Waals surface area contributed by atoms with Crippen molar-refractivity contribution in [3.05, 3.63) is 95.7 Å². The Balaban J connectivity index is 1.49. The summed E-state index contributed by atoms with van der Waals surface area (Å²) in [5, 5.41) is 7.47. The number of halogens is 1. The van der Waals surface area contributed by atoms with Crippen LogP contribution in [0.1, 0.15) is 17.0 Å². The predicted octanol–water partition coefficient (Wildman–Crippen LogP) is 3.77. The summed E-state index contributed by atoms with van der Waals surface area (Å²) in [4.78, 5) is 21.1. The van der Waals surface area contributed by atoms with Crippen LogP contribution in [0.2, 0.25) is 0 Å². The Morgan fingerprint density at radius 1 is 0.939 bits per heavy atom. The summed E-state index contributed by atoms with van der Waals surface area (Å²) in [5.41, 5.74) is 13.4. The average molecular weight is 436 g/mol. The molecule has 4 N–H and O–H groups in total. The lowest BCUT2D eigenvalue weighted by Crippen LogP contribution is -2.01. The zero-order valence-electron chi connectivity index (χ0n) is 17.2. The van der Waals surface area contributed by atoms with Gasteiger partial charge in [-0.25, -0.2) is 24.3 Å². The number of hydrogen-bond acceptors (Lipinski definition) is 6. The number of nitrogens with two attached hydrogens (primary N) is 1. The molecule has 5 aromatic rings. The van der Waals surface area contributed by atoms with E-state index in [0.717, 1.165) is 33.6 Å². The molecule has 1 aliphatic carbocycles. The minimum atomic E-state index is -0.313. The number of pyridine rings is 1. The van der Waals surface area contributed by atoms with E-state index in [1.54, 1.807) is 18.5 Å². The van der Waals surface area contributed by atoms with Crippen molar-refractivity contribution in [2.45, 2.75) is 6.42 Å². The van der Waals surface area contributed by atoms with Crippen LogP contribution in [0.15, 0.2) is 73.0 Å². The zero-order valence-corrected chi connectivity index (χ0v) is 17.2. The number of nitrogens with one attached hydrogen (secondary N) is 2. The number of aromatic nitrogens is 7. The number of imidazole rings is 1. The van der Waals surface area contributed by atoms with Gasteiger partial charge in [-0.2, -0.15) is 5.10 Å². The van der Waals surface area contributed by atoms with Gasteiger partial charge >= 0.3 is 0 Å². The van der Waals surface area contributed by atoms with Gasteiger partial charge in [0.15, 0.2) is 11.5 Å². The number of fused-ring (bicyclic) bond motifs is 2. The summed E-state index contributed by atoms with van der Waals surface area (Å²) in [6.45, 7) is 0. The molecule has 0 amide bonds. The minimum Gasteiger partial charge on any atom is -0.402 e. The number of hydrogen-bond donors (Lipinski definition) is 3. The number of aromatic amines is 2. The lowest BCUT2D eigenvalue weighted by atomic mass is 10.0. The predicted molar refractivity (Wildman–Crippen MR) is 122 cm³/mol. The molecule has 8 nitrogen and oxygen atoms in total. The third-order valence-corrected chi connectivity index (χ3v) is 5.50. The lowest BCUT2D eigenvalue weighted by molar-refractivity contribution is 0.627. The molecule has 0 fully saturated rings. The first-order valence-corrected chi connectivity index (χ1v) is 10.3. The normalized spacial score (nSPS) is 13.4. The highest BCUT2D eigenvalue weighted by Gasteiger charge is 2.22. The first-order chi connectivity index (χ1) is 16.2. The van der Waals surface area contributed by atoms with Crippen LogP contribution >= 0.6 is 0 Å². The Morgan fingerprint density at radius 2 is 1.82 bits per heavy atom. The molecule has 0 aliphatic heterocycles. The third kappa shape index (κ3) is 3.35. The van der Waals surface area contributed by atoms with Gasteiger partial charge in [0.2, 0.25) is 0 Å². The molecule has 0 bridgehead atoms. The summed E-state index contributed by atoms with van der Waals surface area (Å²) in [6, 6.07) is 10.2. The van der Waals surface area contributed by atoms with E-state index in [4.69, 9.17) is 15.7 Å². The van der Waals surface area contributed by atoms with Crippen LogP contribution in [0.5, 0.6) is 0 Å². The Labute approximate surface area is 187 Å². The zero-order chi connectivity index (χ0) is 22.4. The van der Waals surface area contributed by atoms with Crippen LogP contribution in [-0.2, 0) is 6.42 Å². The molecule has 9 heteroatoms. The molecule has 0 saturated heterocycles. The monoisotopic (exact) mass is 436 g/mol. The first-order valence-electron chi connectivity index (χ1n) is 10.3. The van der Waals surface area contributed by atoms with Crippen molar-refractivity contribution in [2.75, 3.05) is 0 Å². The first kappa shape index (κ1) is 19.1. The summed E-state index contributed by atoms with van der Waals surface area (Å²) >= 11 is 0. The molecule has 0 unspecified atom stereocenters. The summed E-state index contributed by atoms with van der Waals surface area (Å²) in [6.07, 6.45) is 9.08. The molecule has 6 rings (SSSR count). The van der Waals surface area contributed by atoms with Gasteiger partial charge < -0.3 is 10.7 Å². The summed E-state index contributed by atoms with van der Waals surface area (Å²) in [7, 11) is 0. The summed E-state index contributed by atoms with van der Waals surface area (Å²) < 4.78 is 13.9. The quantitative estimate of drug-likeness (QED) is 0.396. The highest BCUT2D eigenvalue weighted by molar-refractivity contribution is 5.90. The lowest BCUT2D eigenvalue weighted by Gasteiger charge is -2.05. The number of rotatable bonds is 3. The second kappa shape index (κ2) is 7.49. The van der Waals surface area contributed by atoms with E-state index in [0.29, 0.717) is 34.8 Å². The smallest absolute Gasteiger partial charge is 0.161 e. The second-order valence-electron chi connectivity index (χ2n) is 7.71. The molecule has 0 radical (unpaired) electrons. The largest absolute Gasteiger partial charge is 0.402 e. The highest BCUT2D eigenvalue weighted by atomic mass is 19.1. The fourth-order valence-electron chi connectivity index (χ4n) is 3.95. The molecule has 33 heavy (non-hydrogen) atoms. The molecule has 0 saturated carbocycles. The minimum absolute atomic E-state index is 0.313. The van der Waals surface area contributed by atoms with E-state index in [1.165, 1.54) is 18.5 Å². The Bertz CT molecular complexity index is 1560. The van der Waals surface area contributed by atoms with E-state index >= 15 is 0 Å². The standard InChI is InChI=1S/C24H17FN8/c25-15-3-1-2-13(8-15)17-5-4-16(26)9-20-21(17)31-24(30-20)23-22-19(32-33-23)7-6-18(29-22)14-10-27-12-28-11-14/h1-8,10-12H,9,26H2,(H,30,31)(H,32,33). The maximum atomic E-state index is 13.9. The topological polar surface area (TPSA) is 122 Å². The fraction of sp³-hybridized carbons (Fsp3) is 0.0417. The van der Waals surface area contributed by atoms with Crippen molar-refractivity contribution in [2.24, 2.45) is 5.73 Å². The number of H-pyrrole nitrogens is 2. The van der Waals surface area contributed by atoms with E-state index < -0.39 is 0 Å². The van der Waals surface area contributed by atoms with Gasteiger partial charge in [-0.1, -0.05) is 18.2 Å². The van der Waals surface area contributed by atoms with E-state index in [1.807, 2.05) is 30.4 Å². The van der Waals surface area contributed by atoms with Crippen LogP contribution < -0.4 is 5.73 Å². The van der Waals surface area contributed by atoms with Crippen LogP contribution in [0.4, 0.5) is 4.39 Å². The van der Waals surface area contributed by atoms with Crippen molar-refractivity contribution in [3.8, 4) is 22.8 Å². The highest BCUT2D eigenvalue weighted by Crippen LogP contribution is 2.32. The number of allylic oxidation sites excluding steroid dienone is 3. The van der Waals surface area contributed by atoms with Crippen LogP contribution in [0, 0.1) is 5.82 Å². The van der Waals surface area contributed by atoms with Crippen LogP contribution in [-0.4, -0.2) is 35.1 Å². The Morgan fingerprint density at radius 3 is 2.67 bits per heavy atom. The van der Waals surface area contributed by atoms with Crippen molar-refractivity contribution in [3.63, 3.8) is 0 Å². The van der Waals surface area contributed by atoms with Crippen molar-refractivity contribution >= 4 is 16.6 Å². The SMILES string of the molecule is NC1=CC=C(c2cccc(F)c2)c2nc(-c3n[nH]c4ccc(-c5cncnc5)nc34)[nH]c2C1. The van der Waals surface area contributed by atoms with Gasteiger partial charge in [-0.3, -0.25) is 5.10 Å².